The van der Waals surface area contributed by atoms with Crippen molar-refractivity contribution in [1.29, 1.82) is 0 Å². The van der Waals surface area contributed by atoms with Gasteiger partial charge in [-0.15, -0.1) is 6.42 Å². The maximum atomic E-state index is 12.4. The molecule has 0 aliphatic carbocycles. The predicted octanol–water partition coefficient (Wildman–Crippen LogP) is 1.01. The zero-order valence-electron chi connectivity index (χ0n) is 6.66. The Morgan fingerprint density at radius 3 is 3.00 bits per heavy atom. The molecule has 0 atom stereocenters. The lowest BCUT2D eigenvalue weighted by molar-refractivity contribution is 0.0550. The molecule has 1 heterocycles. The van der Waals surface area contributed by atoms with Gasteiger partial charge in [0.1, 0.15) is 11.5 Å². The van der Waals surface area contributed by atoms with E-state index in [-0.39, 0.29) is 12.3 Å². The fourth-order valence-corrected chi connectivity index (χ4v) is 0.678. The first kappa shape index (κ1) is 9.20. The molecule has 0 spiro atoms. The molecule has 0 saturated heterocycles. The van der Waals surface area contributed by atoms with Crippen LogP contribution in [-0.2, 0) is 4.74 Å². The van der Waals surface area contributed by atoms with E-state index in [2.05, 4.69) is 15.6 Å². The fourth-order valence-electron chi connectivity index (χ4n) is 0.678. The van der Waals surface area contributed by atoms with Crippen LogP contribution < -0.4 is 0 Å². The van der Waals surface area contributed by atoms with E-state index >= 15 is 0 Å². The maximum absolute atomic E-state index is 12.4. The number of pyridine rings is 1. The van der Waals surface area contributed by atoms with Crippen molar-refractivity contribution in [2.45, 2.75) is 0 Å². The summed E-state index contributed by atoms with van der Waals surface area (Å²) in [5.41, 5.74) is 0.0386. The fraction of sp³-hybridized carbons (Fsp3) is 0.111. The van der Waals surface area contributed by atoms with Crippen LogP contribution >= 0.6 is 0 Å². The van der Waals surface area contributed by atoms with Gasteiger partial charge in [-0.25, -0.2) is 14.2 Å². The minimum Gasteiger partial charge on any atom is -0.448 e. The van der Waals surface area contributed by atoms with Gasteiger partial charge in [-0.3, -0.25) is 0 Å². The van der Waals surface area contributed by atoms with Crippen LogP contribution in [0.1, 0.15) is 10.5 Å². The van der Waals surface area contributed by atoms with Crippen molar-refractivity contribution in [2.75, 3.05) is 6.61 Å². The Morgan fingerprint density at radius 1 is 1.69 bits per heavy atom. The van der Waals surface area contributed by atoms with Gasteiger partial charge in [0, 0.05) is 0 Å². The normalized spacial score (nSPS) is 8.92. The first-order valence-corrected chi connectivity index (χ1v) is 3.46. The van der Waals surface area contributed by atoms with Gasteiger partial charge in [-0.05, 0) is 12.1 Å². The van der Waals surface area contributed by atoms with Crippen molar-refractivity contribution >= 4 is 5.97 Å². The molecular weight excluding hydrogens is 173 g/mol. The second-order valence-electron chi connectivity index (χ2n) is 2.14. The number of ether oxygens (including phenoxy) is 1. The highest BCUT2D eigenvalue weighted by molar-refractivity contribution is 5.87. The van der Waals surface area contributed by atoms with Crippen molar-refractivity contribution in [3.8, 4) is 12.3 Å². The van der Waals surface area contributed by atoms with E-state index in [4.69, 9.17) is 6.42 Å². The van der Waals surface area contributed by atoms with E-state index in [1.165, 1.54) is 6.07 Å². The van der Waals surface area contributed by atoms with Crippen LogP contribution in [0.15, 0.2) is 18.3 Å². The Hall–Kier alpha value is -1.89. The molecule has 3 nitrogen and oxygen atoms in total. The highest BCUT2D eigenvalue weighted by atomic mass is 19.1. The molecule has 0 aromatic carbocycles. The highest BCUT2D eigenvalue weighted by Gasteiger charge is 2.07. The third-order valence-corrected chi connectivity index (χ3v) is 1.22. The number of hydrogen-bond donors (Lipinski definition) is 0. The van der Waals surface area contributed by atoms with Gasteiger partial charge in [0.05, 0.1) is 6.20 Å². The van der Waals surface area contributed by atoms with E-state index < -0.39 is 11.8 Å². The SMILES string of the molecule is C#CCOC(=O)c1ccc(F)cn1. The quantitative estimate of drug-likeness (QED) is 0.502. The van der Waals surface area contributed by atoms with Gasteiger partial charge in [-0.1, -0.05) is 5.92 Å². The molecule has 1 aromatic rings. The number of nitrogens with zero attached hydrogens (tertiary/aromatic N) is 1. The first-order chi connectivity index (χ1) is 6.24. The molecule has 0 aliphatic rings. The van der Waals surface area contributed by atoms with Crippen LogP contribution in [0.25, 0.3) is 0 Å². The van der Waals surface area contributed by atoms with Gasteiger partial charge in [0.25, 0.3) is 0 Å². The average molecular weight is 179 g/mol. The molecule has 0 bridgehead atoms. The average Bonchev–Trinajstić information content (AvgIpc) is 2.15. The third-order valence-electron chi connectivity index (χ3n) is 1.22. The number of halogens is 1. The standard InChI is InChI=1S/C9H6FNO2/c1-2-5-13-9(12)8-4-3-7(10)6-11-8/h1,3-4,6H,5H2. The Balaban J connectivity index is 2.68. The van der Waals surface area contributed by atoms with Gasteiger partial charge in [0.2, 0.25) is 0 Å². The summed E-state index contributed by atoms with van der Waals surface area (Å²) >= 11 is 0. The van der Waals surface area contributed by atoms with Crippen LogP contribution in [-0.4, -0.2) is 17.6 Å². The number of rotatable bonds is 2. The minimum absolute atomic E-state index is 0.0386. The molecule has 0 amide bonds. The molecule has 0 unspecified atom stereocenters. The summed E-state index contributed by atoms with van der Waals surface area (Å²) in [7, 11) is 0. The summed E-state index contributed by atoms with van der Waals surface area (Å²) in [6, 6.07) is 2.35. The van der Waals surface area contributed by atoms with E-state index in [1.54, 1.807) is 0 Å². The molecule has 1 rings (SSSR count). The second-order valence-corrected chi connectivity index (χ2v) is 2.14. The van der Waals surface area contributed by atoms with Crippen molar-refractivity contribution in [1.82, 2.24) is 4.98 Å². The van der Waals surface area contributed by atoms with E-state index in [1.807, 2.05) is 0 Å². The zero-order valence-corrected chi connectivity index (χ0v) is 6.66. The van der Waals surface area contributed by atoms with E-state index in [9.17, 15) is 9.18 Å². The Morgan fingerprint density at radius 2 is 2.46 bits per heavy atom. The number of aromatic nitrogens is 1. The van der Waals surface area contributed by atoms with Crippen LogP contribution in [0, 0.1) is 18.2 Å². The highest BCUT2D eigenvalue weighted by Crippen LogP contribution is 1.99. The number of terminal acetylenes is 1. The monoisotopic (exact) mass is 179 g/mol. The zero-order chi connectivity index (χ0) is 9.68. The van der Waals surface area contributed by atoms with E-state index in [0.717, 1.165) is 12.3 Å². The Kier molecular flexibility index (Phi) is 2.98. The summed E-state index contributed by atoms with van der Waals surface area (Å²) in [5, 5.41) is 0. The van der Waals surface area contributed by atoms with Crippen LogP contribution in [0.3, 0.4) is 0 Å². The summed E-state index contributed by atoms with van der Waals surface area (Å²) in [5.74, 6) is 0.974. The van der Waals surface area contributed by atoms with Crippen LogP contribution in [0.2, 0.25) is 0 Å². The Bertz CT molecular complexity index is 340. The van der Waals surface area contributed by atoms with Crippen LogP contribution in [0.4, 0.5) is 4.39 Å². The summed E-state index contributed by atoms with van der Waals surface area (Å²) in [6.07, 6.45) is 5.81. The van der Waals surface area contributed by atoms with Gasteiger partial charge < -0.3 is 4.74 Å². The van der Waals surface area contributed by atoms with Crippen molar-refractivity contribution < 1.29 is 13.9 Å². The molecule has 4 heteroatoms. The number of carbonyl (C=O) groups excluding carboxylic acids is 1. The molecule has 66 valence electrons. The van der Waals surface area contributed by atoms with Gasteiger partial charge >= 0.3 is 5.97 Å². The van der Waals surface area contributed by atoms with Gasteiger partial charge in [0.15, 0.2) is 6.61 Å². The molecule has 0 saturated carbocycles. The summed E-state index contributed by atoms with van der Waals surface area (Å²) in [4.78, 5) is 14.5. The van der Waals surface area contributed by atoms with Crippen molar-refractivity contribution in [3.63, 3.8) is 0 Å². The van der Waals surface area contributed by atoms with Crippen molar-refractivity contribution in [2.24, 2.45) is 0 Å². The molecule has 1 aromatic heterocycles. The molecule has 0 radical (unpaired) electrons. The predicted molar refractivity (Wildman–Crippen MR) is 43.3 cm³/mol. The molecule has 0 fully saturated rings. The molecule has 0 aliphatic heterocycles. The summed E-state index contributed by atoms with van der Waals surface area (Å²) < 4.78 is 16.9. The smallest absolute Gasteiger partial charge is 0.357 e. The lowest BCUT2D eigenvalue weighted by Gasteiger charge is -1.98. The second kappa shape index (κ2) is 4.21. The lowest BCUT2D eigenvalue weighted by Crippen LogP contribution is -2.07. The number of hydrogen-bond acceptors (Lipinski definition) is 3. The number of carbonyl (C=O) groups is 1. The Labute approximate surface area is 74.6 Å². The van der Waals surface area contributed by atoms with E-state index in [0.29, 0.717) is 0 Å². The lowest BCUT2D eigenvalue weighted by atomic mass is 10.3. The molecule has 0 N–H and O–H groups in total. The minimum atomic E-state index is -0.655. The topological polar surface area (TPSA) is 39.2 Å². The van der Waals surface area contributed by atoms with Gasteiger partial charge in [-0.2, -0.15) is 0 Å². The maximum Gasteiger partial charge on any atom is 0.357 e. The third kappa shape index (κ3) is 2.56. The largest absolute Gasteiger partial charge is 0.448 e. The molecular formula is C9H6FNO2. The first-order valence-electron chi connectivity index (χ1n) is 3.46. The van der Waals surface area contributed by atoms with Crippen LogP contribution in [0.5, 0.6) is 0 Å². The molecule has 13 heavy (non-hydrogen) atoms. The number of esters is 1. The summed E-state index contributed by atoms with van der Waals surface area (Å²) in [6.45, 7) is -0.113. The van der Waals surface area contributed by atoms with Crippen molar-refractivity contribution in [3.05, 3.63) is 29.8 Å².